The zero-order valence-electron chi connectivity index (χ0n) is 20.8. The predicted molar refractivity (Wildman–Crippen MR) is 132 cm³/mol. The summed E-state index contributed by atoms with van der Waals surface area (Å²) in [6.45, 7) is 0.177. The molecule has 10 nitrogen and oxygen atoms in total. The fraction of sp³-hybridized carbons (Fsp3) is 0.593. The number of hydrogen-bond acceptors (Lipinski definition) is 6. The summed E-state index contributed by atoms with van der Waals surface area (Å²) in [5, 5.41) is 18.0. The molecule has 1 saturated carbocycles. The van der Waals surface area contributed by atoms with Gasteiger partial charge in [-0.3, -0.25) is 24.0 Å². The van der Waals surface area contributed by atoms with Crippen molar-refractivity contribution < 1.29 is 29.1 Å². The van der Waals surface area contributed by atoms with Crippen LogP contribution < -0.4 is 16.0 Å². The quantitative estimate of drug-likeness (QED) is 0.387. The number of rotatable bonds is 8. The molecule has 0 unspecified atom stereocenters. The molecular weight excluding hydrogens is 476 g/mol. The molecule has 198 valence electrons. The molecular formula is C27H34N4O6. The molecule has 6 atom stereocenters. The lowest BCUT2D eigenvalue weighted by Gasteiger charge is -2.36. The van der Waals surface area contributed by atoms with E-state index in [0.29, 0.717) is 31.5 Å². The van der Waals surface area contributed by atoms with Gasteiger partial charge in [0.1, 0.15) is 18.2 Å². The fourth-order valence-corrected chi connectivity index (χ4v) is 6.78. The molecule has 0 spiro atoms. The summed E-state index contributed by atoms with van der Waals surface area (Å²) in [7, 11) is 0. The average molecular weight is 511 g/mol. The number of benzene rings is 1. The number of nitrogens with one attached hydrogen (secondary N) is 3. The van der Waals surface area contributed by atoms with Crippen molar-refractivity contribution in [3.05, 3.63) is 35.9 Å². The van der Waals surface area contributed by atoms with E-state index in [1.165, 1.54) is 0 Å². The van der Waals surface area contributed by atoms with Crippen LogP contribution in [0.4, 0.5) is 0 Å². The van der Waals surface area contributed by atoms with Crippen LogP contribution in [0.25, 0.3) is 0 Å². The SMILES string of the molecule is O=C1CC[C@@](C(=O)N2C[C@H]3CCC[C@H]3[C@H]2C(=O)N[C@H](C[C@@H]2CCNC2=O)C(=O)CO)(c2ccccc2)N1. The zero-order chi connectivity index (χ0) is 26.2. The van der Waals surface area contributed by atoms with Crippen molar-refractivity contribution >= 4 is 29.4 Å². The number of carbonyl (C=O) groups excluding carboxylic acids is 5. The van der Waals surface area contributed by atoms with Gasteiger partial charge in [0.25, 0.3) is 5.91 Å². The molecule has 4 N–H and O–H groups in total. The molecule has 4 aliphatic rings. The minimum Gasteiger partial charge on any atom is -0.389 e. The molecule has 0 bridgehead atoms. The van der Waals surface area contributed by atoms with Crippen molar-refractivity contribution in [3.63, 3.8) is 0 Å². The molecule has 3 heterocycles. The van der Waals surface area contributed by atoms with E-state index < -0.39 is 41.8 Å². The number of hydrogen-bond donors (Lipinski definition) is 4. The van der Waals surface area contributed by atoms with Gasteiger partial charge in [0.2, 0.25) is 17.7 Å². The van der Waals surface area contributed by atoms with E-state index in [0.717, 1.165) is 19.3 Å². The Hall–Kier alpha value is -3.27. The van der Waals surface area contributed by atoms with Gasteiger partial charge in [-0.15, -0.1) is 0 Å². The van der Waals surface area contributed by atoms with Gasteiger partial charge >= 0.3 is 0 Å². The van der Waals surface area contributed by atoms with Gasteiger partial charge in [0, 0.05) is 25.4 Å². The van der Waals surface area contributed by atoms with Crippen molar-refractivity contribution in [1.82, 2.24) is 20.9 Å². The number of fused-ring (bicyclic) bond motifs is 1. The number of nitrogens with zero attached hydrogens (tertiary/aromatic N) is 1. The van der Waals surface area contributed by atoms with Crippen LogP contribution in [-0.4, -0.2) is 71.2 Å². The van der Waals surface area contributed by atoms with E-state index >= 15 is 0 Å². The lowest BCUT2D eigenvalue weighted by Crippen LogP contribution is -2.59. The van der Waals surface area contributed by atoms with E-state index in [-0.39, 0.29) is 42.4 Å². The molecule has 1 aromatic carbocycles. The van der Waals surface area contributed by atoms with Gasteiger partial charge in [-0.25, -0.2) is 0 Å². The molecule has 4 amide bonds. The van der Waals surface area contributed by atoms with Gasteiger partial charge in [0.15, 0.2) is 5.78 Å². The first-order chi connectivity index (χ1) is 17.8. The summed E-state index contributed by atoms with van der Waals surface area (Å²) in [6, 6.07) is 7.32. The number of aliphatic hydroxyl groups is 1. The Morgan fingerprint density at radius 2 is 1.92 bits per heavy atom. The summed E-state index contributed by atoms with van der Waals surface area (Å²) >= 11 is 0. The molecule has 10 heteroatoms. The maximum absolute atomic E-state index is 14.2. The molecule has 5 rings (SSSR count). The Morgan fingerprint density at radius 1 is 1.14 bits per heavy atom. The zero-order valence-corrected chi connectivity index (χ0v) is 20.8. The van der Waals surface area contributed by atoms with Gasteiger partial charge in [-0.2, -0.15) is 0 Å². The first-order valence-electron chi connectivity index (χ1n) is 13.2. The van der Waals surface area contributed by atoms with Crippen LogP contribution in [0.3, 0.4) is 0 Å². The number of carbonyl (C=O) groups is 5. The molecule has 0 radical (unpaired) electrons. The second kappa shape index (κ2) is 10.2. The first-order valence-corrected chi connectivity index (χ1v) is 13.2. The van der Waals surface area contributed by atoms with Gasteiger partial charge in [-0.05, 0) is 49.5 Å². The number of likely N-dealkylation sites (tertiary alicyclic amines) is 1. The van der Waals surface area contributed by atoms with Crippen molar-refractivity contribution in [1.29, 1.82) is 0 Å². The lowest BCUT2D eigenvalue weighted by molar-refractivity contribution is -0.146. The normalized spacial score (nSPS) is 31.5. The van der Waals surface area contributed by atoms with E-state index in [2.05, 4.69) is 16.0 Å². The smallest absolute Gasteiger partial charge is 0.253 e. The van der Waals surface area contributed by atoms with E-state index in [1.807, 2.05) is 30.3 Å². The molecule has 4 fully saturated rings. The second-order valence-electron chi connectivity index (χ2n) is 10.8. The number of aliphatic hydroxyl groups excluding tert-OH is 1. The highest BCUT2D eigenvalue weighted by Gasteiger charge is 2.56. The van der Waals surface area contributed by atoms with Crippen LogP contribution in [0.15, 0.2) is 30.3 Å². The second-order valence-corrected chi connectivity index (χ2v) is 10.8. The largest absolute Gasteiger partial charge is 0.389 e. The predicted octanol–water partition coefficient (Wildman–Crippen LogP) is -0.00860. The molecule has 3 saturated heterocycles. The monoisotopic (exact) mass is 510 g/mol. The van der Waals surface area contributed by atoms with Crippen LogP contribution in [0, 0.1) is 17.8 Å². The van der Waals surface area contributed by atoms with Crippen LogP contribution in [0.1, 0.15) is 50.5 Å². The standard InChI is InChI=1S/C27H34N4O6/c32-15-21(33)20(13-16-10-12-28-24(16)35)29-25(36)23-19-8-4-5-17(19)14-31(23)26(37)27(11-9-22(34)30-27)18-6-2-1-3-7-18/h1-3,6-7,16-17,19-20,23,32H,4-5,8-15H2,(H,28,35)(H,29,36)(H,30,34)/t16-,17+,19+,20+,23-,27-/m0/s1. The lowest BCUT2D eigenvalue weighted by atomic mass is 9.86. The summed E-state index contributed by atoms with van der Waals surface area (Å²) in [4.78, 5) is 66.6. The average Bonchev–Trinajstić information content (AvgIpc) is 3.68. The Balaban J connectivity index is 1.42. The highest BCUT2D eigenvalue weighted by Crippen LogP contribution is 2.45. The number of Topliss-reactive ketones (excluding diaryl/α,β-unsaturated/α-hetero) is 1. The summed E-state index contributed by atoms with van der Waals surface area (Å²) in [6.07, 6.45) is 3.84. The minimum absolute atomic E-state index is 0.0477. The third-order valence-corrected chi connectivity index (χ3v) is 8.68. The van der Waals surface area contributed by atoms with Crippen molar-refractivity contribution in [2.24, 2.45) is 17.8 Å². The van der Waals surface area contributed by atoms with Gasteiger partial charge in [0.05, 0.1) is 6.04 Å². The maximum Gasteiger partial charge on any atom is 0.253 e. The summed E-state index contributed by atoms with van der Waals surface area (Å²) < 4.78 is 0. The van der Waals surface area contributed by atoms with Crippen molar-refractivity contribution in [2.75, 3.05) is 19.7 Å². The Morgan fingerprint density at radius 3 is 2.57 bits per heavy atom. The Kier molecular flexibility index (Phi) is 7.02. The minimum atomic E-state index is -1.24. The first kappa shape index (κ1) is 25.4. The number of ketones is 1. The molecule has 1 aromatic rings. The van der Waals surface area contributed by atoms with E-state index in [4.69, 9.17) is 0 Å². The van der Waals surface area contributed by atoms with Crippen LogP contribution >= 0.6 is 0 Å². The molecule has 3 aliphatic heterocycles. The maximum atomic E-state index is 14.2. The van der Waals surface area contributed by atoms with Crippen molar-refractivity contribution in [2.45, 2.75) is 62.6 Å². The van der Waals surface area contributed by atoms with E-state index in [9.17, 15) is 29.1 Å². The highest BCUT2D eigenvalue weighted by molar-refractivity contribution is 5.99. The molecule has 0 aromatic heterocycles. The number of amides is 4. The fourth-order valence-electron chi connectivity index (χ4n) is 6.78. The Labute approximate surface area is 215 Å². The van der Waals surface area contributed by atoms with Crippen LogP contribution in [0.5, 0.6) is 0 Å². The molecule has 37 heavy (non-hydrogen) atoms. The third-order valence-electron chi connectivity index (χ3n) is 8.68. The van der Waals surface area contributed by atoms with Crippen LogP contribution in [-0.2, 0) is 29.5 Å². The summed E-state index contributed by atoms with van der Waals surface area (Å²) in [5.41, 5.74) is -0.555. The summed E-state index contributed by atoms with van der Waals surface area (Å²) in [5.74, 6) is -1.99. The highest BCUT2D eigenvalue weighted by atomic mass is 16.3. The third kappa shape index (κ3) is 4.63. The molecule has 1 aliphatic carbocycles. The van der Waals surface area contributed by atoms with Crippen LogP contribution in [0.2, 0.25) is 0 Å². The van der Waals surface area contributed by atoms with Crippen molar-refractivity contribution in [3.8, 4) is 0 Å². The van der Waals surface area contributed by atoms with Gasteiger partial charge in [-0.1, -0.05) is 36.8 Å². The Bertz CT molecular complexity index is 1090. The van der Waals surface area contributed by atoms with E-state index in [1.54, 1.807) is 4.90 Å². The topological polar surface area (TPSA) is 145 Å². The van der Waals surface area contributed by atoms with Gasteiger partial charge < -0.3 is 26.0 Å².